The van der Waals surface area contributed by atoms with Crippen molar-refractivity contribution >= 4 is 5.91 Å². The van der Waals surface area contributed by atoms with Crippen LogP contribution < -0.4 is 9.47 Å². The highest BCUT2D eigenvalue weighted by molar-refractivity contribution is 5.77. The Morgan fingerprint density at radius 3 is 2.71 bits per heavy atom. The van der Waals surface area contributed by atoms with Crippen molar-refractivity contribution in [3.63, 3.8) is 0 Å². The van der Waals surface area contributed by atoms with Gasteiger partial charge in [0.05, 0.1) is 0 Å². The minimum Gasteiger partial charge on any atom is -0.454 e. The van der Waals surface area contributed by atoms with Crippen LogP contribution in [0.5, 0.6) is 11.5 Å². The summed E-state index contributed by atoms with van der Waals surface area (Å²) in [5.41, 5.74) is 4.04. The zero-order valence-corrected chi connectivity index (χ0v) is 16.1. The van der Waals surface area contributed by atoms with Crippen LogP contribution in [0.15, 0.2) is 42.5 Å². The number of carbonyl (C=O) groups is 1. The Hall–Kier alpha value is -2.53. The van der Waals surface area contributed by atoms with Gasteiger partial charge in [0.25, 0.3) is 0 Å². The smallest absolute Gasteiger partial charge is 0.231 e. The molecule has 2 aliphatic heterocycles. The molecule has 0 spiro atoms. The van der Waals surface area contributed by atoms with Crippen molar-refractivity contribution in [1.29, 1.82) is 0 Å². The fraction of sp³-hybridized carbons (Fsp3) is 0.435. The molecule has 3 aliphatic rings. The summed E-state index contributed by atoms with van der Waals surface area (Å²) in [7, 11) is 0. The van der Waals surface area contributed by atoms with Crippen molar-refractivity contribution < 1.29 is 14.3 Å². The van der Waals surface area contributed by atoms with Crippen LogP contribution in [-0.2, 0) is 17.8 Å². The van der Waals surface area contributed by atoms with Gasteiger partial charge in [-0.15, -0.1) is 0 Å². The summed E-state index contributed by atoms with van der Waals surface area (Å²) in [5, 5.41) is 0. The maximum atomic E-state index is 12.8. The molecular weight excluding hydrogens is 352 g/mol. The fourth-order valence-electron chi connectivity index (χ4n) is 4.65. The van der Waals surface area contributed by atoms with Gasteiger partial charge in [-0.05, 0) is 47.6 Å². The number of hydrogen-bond acceptors (Lipinski definition) is 4. The summed E-state index contributed by atoms with van der Waals surface area (Å²) in [6.45, 7) is 4.66. The van der Waals surface area contributed by atoms with Crippen molar-refractivity contribution in [2.24, 2.45) is 0 Å². The van der Waals surface area contributed by atoms with Gasteiger partial charge in [-0.1, -0.05) is 30.3 Å². The van der Waals surface area contributed by atoms with Gasteiger partial charge in [0.15, 0.2) is 11.5 Å². The van der Waals surface area contributed by atoms with Crippen LogP contribution >= 0.6 is 0 Å². The SMILES string of the molecule is O=C(CC1CCc2ccccc21)N1CCN(Cc2ccc3c(c2)OCO3)CC1. The Balaban J connectivity index is 1.14. The van der Waals surface area contributed by atoms with E-state index < -0.39 is 0 Å². The van der Waals surface area contributed by atoms with Crippen molar-refractivity contribution in [2.75, 3.05) is 33.0 Å². The first kappa shape index (κ1) is 17.6. The van der Waals surface area contributed by atoms with Crippen molar-refractivity contribution in [3.05, 3.63) is 59.2 Å². The van der Waals surface area contributed by atoms with E-state index in [0.717, 1.165) is 57.1 Å². The molecule has 0 bridgehead atoms. The molecule has 5 nitrogen and oxygen atoms in total. The Kier molecular flexibility index (Phi) is 4.69. The molecule has 0 saturated carbocycles. The van der Waals surface area contributed by atoms with Crippen LogP contribution in [0.25, 0.3) is 0 Å². The summed E-state index contributed by atoms with van der Waals surface area (Å²) < 4.78 is 10.9. The highest BCUT2D eigenvalue weighted by Gasteiger charge is 2.28. The van der Waals surface area contributed by atoms with E-state index in [1.165, 1.54) is 16.7 Å². The van der Waals surface area contributed by atoms with Crippen LogP contribution in [0.3, 0.4) is 0 Å². The molecule has 0 aromatic heterocycles. The molecule has 2 aromatic carbocycles. The van der Waals surface area contributed by atoms with E-state index >= 15 is 0 Å². The normalized spacial score (nSPS) is 21.0. The maximum absolute atomic E-state index is 12.8. The van der Waals surface area contributed by atoms with Crippen molar-refractivity contribution in [3.8, 4) is 11.5 Å². The topological polar surface area (TPSA) is 42.0 Å². The molecule has 5 heteroatoms. The van der Waals surface area contributed by atoms with Gasteiger partial charge in [-0.25, -0.2) is 0 Å². The van der Waals surface area contributed by atoms with Gasteiger partial charge in [-0.2, -0.15) is 0 Å². The summed E-state index contributed by atoms with van der Waals surface area (Å²) >= 11 is 0. The molecule has 1 unspecified atom stereocenters. The lowest BCUT2D eigenvalue weighted by molar-refractivity contribution is -0.133. The van der Waals surface area contributed by atoms with Crippen LogP contribution in [0.4, 0.5) is 0 Å². The van der Waals surface area contributed by atoms with Gasteiger partial charge >= 0.3 is 0 Å². The van der Waals surface area contributed by atoms with E-state index in [4.69, 9.17) is 9.47 Å². The molecule has 0 radical (unpaired) electrons. The summed E-state index contributed by atoms with van der Waals surface area (Å²) in [6, 6.07) is 14.7. The van der Waals surface area contributed by atoms with Gasteiger partial charge in [0.1, 0.15) is 0 Å². The molecular formula is C23H26N2O3. The number of aryl methyl sites for hydroxylation is 1. The molecule has 1 atom stereocenters. The first-order chi connectivity index (χ1) is 13.8. The third kappa shape index (κ3) is 3.47. The maximum Gasteiger partial charge on any atom is 0.231 e. The van der Waals surface area contributed by atoms with Crippen LogP contribution in [0.1, 0.15) is 35.4 Å². The molecule has 1 saturated heterocycles. The van der Waals surface area contributed by atoms with E-state index in [9.17, 15) is 4.79 Å². The molecule has 1 fully saturated rings. The molecule has 28 heavy (non-hydrogen) atoms. The predicted octanol–water partition coefficient (Wildman–Crippen LogP) is 3.18. The van der Waals surface area contributed by atoms with Crippen LogP contribution in [-0.4, -0.2) is 48.7 Å². The number of amides is 1. The van der Waals surface area contributed by atoms with E-state index in [0.29, 0.717) is 25.0 Å². The number of rotatable bonds is 4. The second-order valence-corrected chi connectivity index (χ2v) is 7.98. The molecule has 5 rings (SSSR count). The van der Waals surface area contributed by atoms with Gasteiger partial charge in [0.2, 0.25) is 12.7 Å². The third-order valence-electron chi connectivity index (χ3n) is 6.25. The zero-order valence-electron chi connectivity index (χ0n) is 16.1. The van der Waals surface area contributed by atoms with Crippen molar-refractivity contribution in [2.45, 2.75) is 31.7 Å². The molecule has 1 aliphatic carbocycles. The average molecular weight is 378 g/mol. The van der Waals surface area contributed by atoms with E-state index in [1.54, 1.807) is 0 Å². The number of carbonyl (C=O) groups excluding carboxylic acids is 1. The molecule has 2 heterocycles. The van der Waals surface area contributed by atoms with E-state index in [-0.39, 0.29) is 0 Å². The number of nitrogens with zero attached hydrogens (tertiary/aromatic N) is 2. The van der Waals surface area contributed by atoms with Crippen molar-refractivity contribution in [1.82, 2.24) is 9.80 Å². The lowest BCUT2D eigenvalue weighted by atomic mass is 9.97. The van der Waals surface area contributed by atoms with Gasteiger partial charge < -0.3 is 14.4 Å². The number of benzene rings is 2. The van der Waals surface area contributed by atoms with E-state index in [2.05, 4.69) is 46.2 Å². The number of ether oxygens (including phenoxy) is 2. The average Bonchev–Trinajstić information content (AvgIpc) is 3.35. The van der Waals surface area contributed by atoms with E-state index in [1.807, 2.05) is 6.07 Å². The quantitative estimate of drug-likeness (QED) is 0.820. The highest BCUT2D eigenvalue weighted by atomic mass is 16.7. The minimum absolute atomic E-state index is 0.310. The summed E-state index contributed by atoms with van der Waals surface area (Å²) in [4.78, 5) is 17.3. The predicted molar refractivity (Wildman–Crippen MR) is 107 cm³/mol. The number of hydrogen-bond donors (Lipinski definition) is 0. The van der Waals surface area contributed by atoms with Crippen LogP contribution in [0, 0.1) is 0 Å². The second-order valence-electron chi connectivity index (χ2n) is 7.98. The second kappa shape index (κ2) is 7.47. The molecule has 2 aromatic rings. The lowest BCUT2D eigenvalue weighted by Crippen LogP contribution is -2.48. The highest BCUT2D eigenvalue weighted by Crippen LogP contribution is 2.36. The minimum atomic E-state index is 0.310. The molecule has 1 amide bonds. The number of fused-ring (bicyclic) bond motifs is 2. The third-order valence-corrected chi connectivity index (χ3v) is 6.25. The summed E-state index contributed by atoms with van der Waals surface area (Å²) in [5.74, 6) is 2.37. The Bertz CT molecular complexity index is 874. The van der Waals surface area contributed by atoms with Crippen LogP contribution in [0.2, 0.25) is 0 Å². The largest absolute Gasteiger partial charge is 0.454 e. The fourth-order valence-corrected chi connectivity index (χ4v) is 4.65. The first-order valence-corrected chi connectivity index (χ1v) is 10.2. The summed E-state index contributed by atoms with van der Waals surface area (Å²) in [6.07, 6.45) is 2.87. The Labute approximate surface area is 165 Å². The van der Waals surface area contributed by atoms with Gasteiger partial charge in [0, 0.05) is 39.1 Å². The van der Waals surface area contributed by atoms with Gasteiger partial charge in [-0.3, -0.25) is 9.69 Å². The first-order valence-electron chi connectivity index (χ1n) is 10.2. The molecule has 146 valence electrons. The standard InChI is InChI=1S/C23H26N2O3/c26-23(14-19-7-6-18-3-1-2-4-20(18)19)25-11-9-24(10-12-25)15-17-5-8-21-22(13-17)28-16-27-21/h1-5,8,13,19H,6-7,9-12,14-16H2. The Morgan fingerprint density at radius 2 is 1.82 bits per heavy atom. The monoisotopic (exact) mass is 378 g/mol. The molecule has 0 N–H and O–H groups in total. The lowest BCUT2D eigenvalue weighted by Gasteiger charge is -2.35. The Morgan fingerprint density at radius 1 is 1.00 bits per heavy atom. The zero-order chi connectivity index (χ0) is 18.9. The number of piperazine rings is 1.